The van der Waals surface area contributed by atoms with Crippen molar-refractivity contribution in [1.82, 2.24) is 29.2 Å². The molecule has 160 valence electrons. The molecule has 1 aliphatic heterocycles. The Bertz CT molecular complexity index is 1230. The molecule has 0 radical (unpaired) electrons. The number of hydrogen-bond acceptors (Lipinski definition) is 6. The summed E-state index contributed by atoms with van der Waals surface area (Å²) in [4.78, 5) is 20.0. The van der Waals surface area contributed by atoms with Crippen molar-refractivity contribution in [2.45, 2.75) is 51.7 Å². The first-order valence-corrected chi connectivity index (χ1v) is 10.9. The zero-order chi connectivity index (χ0) is 21.2. The molecule has 0 amide bonds. The molecule has 1 saturated heterocycles. The average molecular weight is 419 g/mol. The van der Waals surface area contributed by atoms with Gasteiger partial charge in [0.1, 0.15) is 5.52 Å². The van der Waals surface area contributed by atoms with Crippen LogP contribution < -0.4 is 5.56 Å². The highest BCUT2D eigenvalue weighted by atomic mass is 16.5. The number of aromatic nitrogens is 5. The van der Waals surface area contributed by atoms with Crippen LogP contribution in [-0.2, 0) is 13.1 Å². The van der Waals surface area contributed by atoms with Crippen molar-refractivity contribution < 1.29 is 4.52 Å². The van der Waals surface area contributed by atoms with Crippen molar-refractivity contribution in [3.05, 3.63) is 70.9 Å². The van der Waals surface area contributed by atoms with Gasteiger partial charge in [-0.1, -0.05) is 48.8 Å². The molecule has 1 unspecified atom stereocenters. The lowest BCUT2D eigenvalue weighted by atomic mass is 10.0. The standard InChI is InChI=1S/C23H26N6O2/c1-2-18-10-6-7-11-27(18)16-22-24-21(26-31-22)15-28-12-13-29-20(23(28)30)14-19(25-29)17-8-4-3-5-9-17/h3-5,8-9,12-14,18H,2,6-7,10-11,15-16H2,1H3. The summed E-state index contributed by atoms with van der Waals surface area (Å²) in [6.07, 6.45) is 8.35. The fourth-order valence-electron chi connectivity index (χ4n) is 4.38. The average Bonchev–Trinajstić information content (AvgIpc) is 3.44. The van der Waals surface area contributed by atoms with Gasteiger partial charge in [-0.15, -0.1) is 0 Å². The number of nitrogens with zero attached hydrogens (tertiary/aromatic N) is 6. The van der Waals surface area contributed by atoms with E-state index in [9.17, 15) is 4.79 Å². The van der Waals surface area contributed by atoms with Crippen LogP contribution in [0.25, 0.3) is 16.8 Å². The highest BCUT2D eigenvalue weighted by Gasteiger charge is 2.23. The zero-order valence-electron chi connectivity index (χ0n) is 17.6. The second kappa shape index (κ2) is 8.47. The summed E-state index contributed by atoms with van der Waals surface area (Å²) in [6, 6.07) is 12.2. The van der Waals surface area contributed by atoms with E-state index in [0.717, 1.165) is 24.2 Å². The van der Waals surface area contributed by atoms with Crippen LogP contribution in [0.4, 0.5) is 0 Å². The Hall–Kier alpha value is -3.26. The second-order valence-electron chi connectivity index (χ2n) is 8.09. The van der Waals surface area contributed by atoms with E-state index in [1.165, 1.54) is 19.3 Å². The van der Waals surface area contributed by atoms with Gasteiger partial charge in [0, 0.05) is 24.0 Å². The van der Waals surface area contributed by atoms with Crippen molar-refractivity contribution in [3.63, 3.8) is 0 Å². The van der Waals surface area contributed by atoms with E-state index in [-0.39, 0.29) is 12.1 Å². The Balaban J connectivity index is 1.35. The minimum atomic E-state index is -0.134. The van der Waals surface area contributed by atoms with E-state index >= 15 is 0 Å². The Morgan fingerprint density at radius 1 is 1.13 bits per heavy atom. The molecule has 0 spiro atoms. The molecule has 8 nitrogen and oxygen atoms in total. The van der Waals surface area contributed by atoms with Gasteiger partial charge in [-0.25, -0.2) is 4.52 Å². The van der Waals surface area contributed by atoms with Crippen molar-refractivity contribution in [2.75, 3.05) is 6.54 Å². The number of likely N-dealkylation sites (tertiary alicyclic amines) is 1. The number of fused-ring (bicyclic) bond motifs is 1. The highest BCUT2D eigenvalue weighted by Crippen LogP contribution is 2.21. The molecule has 8 heteroatoms. The summed E-state index contributed by atoms with van der Waals surface area (Å²) in [5, 5.41) is 8.63. The van der Waals surface area contributed by atoms with E-state index in [1.54, 1.807) is 21.5 Å². The van der Waals surface area contributed by atoms with Crippen LogP contribution in [0, 0.1) is 0 Å². The van der Waals surface area contributed by atoms with Gasteiger partial charge in [-0.2, -0.15) is 10.1 Å². The summed E-state index contributed by atoms with van der Waals surface area (Å²) in [5.74, 6) is 1.12. The van der Waals surface area contributed by atoms with Crippen molar-refractivity contribution in [2.24, 2.45) is 0 Å². The number of hydrogen-bond donors (Lipinski definition) is 0. The van der Waals surface area contributed by atoms with Crippen LogP contribution in [0.1, 0.15) is 44.3 Å². The molecule has 5 rings (SSSR count). The molecule has 1 aliphatic rings. The fourth-order valence-corrected chi connectivity index (χ4v) is 4.38. The van der Waals surface area contributed by atoms with Gasteiger partial charge in [0.15, 0.2) is 5.82 Å². The topological polar surface area (TPSA) is 81.5 Å². The maximum Gasteiger partial charge on any atom is 0.277 e. The lowest BCUT2D eigenvalue weighted by Crippen LogP contribution is -2.38. The second-order valence-corrected chi connectivity index (χ2v) is 8.09. The number of piperidine rings is 1. The lowest BCUT2D eigenvalue weighted by Gasteiger charge is -2.33. The molecule has 0 N–H and O–H groups in total. The first-order valence-electron chi connectivity index (χ1n) is 10.9. The minimum absolute atomic E-state index is 0.134. The van der Waals surface area contributed by atoms with Gasteiger partial charge in [-0.05, 0) is 31.9 Å². The predicted octanol–water partition coefficient (Wildman–Crippen LogP) is 3.36. The molecular weight excluding hydrogens is 392 g/mol. The Labute approximate surface area is 180 Å². The molecule has 1 aromatic carbocycles. The van der Waals surface area contributed by atoms with E-state index in [4.69, 9.17) is 4.52 Å². The number of benzene rings is 1. The lowest BCUT2D eigenvalue weighted by molar-refractivity contribution is 0.120. The normalized spacial score (nSPS) is 17.4. The van der Waals surface area contributed by atoms with E-state index in [2.05, 4.69) is 27.1 Å². The summed E-state index contributed by atoms with van der Waals surface area (Å²) in [5.41, 5.74) is 2.13. The van der Waals surface area contributed by atoms with Gasteiger partial charge in [0.2, 0.25) is 5.89 Å². The van der Waals surface area contributed by atoms with Crippen LogP contribution in [-0.4, -0.2) is 41.8 Å². The Morgan fingerprint density at radius 3 is 2.84 bits per heavy atom. The third kappa shape index (κ3) is 4.03. The van der Waals surface area contributed by atoms with Gasteiger partial charge >= 0.3 is 0 Å². The first kappa shape index (κ1) is 19.7. The molecule has 1 atom stereocenters. The van der Waals surface area contributed by atoms with Crippen molar-refractivity contribution in [1.29, 1.82) is 0 Å². The molecule has 4 aromatic rings. The third-order valence-corrected chi connectivity index (χ3v) is 6.05. The van der Waals surface area contributed by atoms with Crippen LogP contribution in [0.15, 0.2) is 58.1 Å². The van der Waals surface area contributed by atoms with E-state index < -0.39 is 0 Å². The Morgan fingerprint density at radius 2 is 2.00 bits per heavy atom. The third-order valence-electron chi connectivity index (χ3n) is 6.05. The molecule has 3 aromatic heterocycles. The van der Waals surface area contributed by atoms with E-state index in [0.29, 0.717) is 29.8 Å². The minimum Gasteiger partial charge on any atom is -0.338 e. The van der Waals surface area contributed by atoms with Gasteiger partial charge in [-0.3, -0.25) is 9.69 Å². The molecular formula is C23H26N6O2. The number of rotatable bonds is 6. The molecule has 1 fully saturated rings. The largest absolute Gasteiger partial charge is 0.338 e. The summed E-state index contributed by atoms with van der Waals surface area (Å²) >= 11 is 0. The van der Waals surface area contributed by atoms with Gasteiger partial charge in [0.25, 0.3) is 5.56 Å². The molecule has 0 aliphatic carbocycles. The van der Waals surface area contributed by atoms with Crippen LogP contribution >= 0.6 is 0 Å². The van der Waals surface area contributed by atoms with Gasteiger partial charge in [0.05, 0.1) is 18.8 Å². The van der Waals surface area contributed by atoms with E-state index in [1.807, 2.05) is 36.4 Å². The predicted molar refractivity (Wildman–Crippen MR) is 117 cm³/mol. The molecule has 31 heavy (non-hydrogen) atoms. The summed E-state index contributed by atoms with van der Waals surface area (Å²) in [6.45, 7) is 4.23. The van der Waals surface area contributed by atoms with Crippen molar-refractivity contribution in [3.8, 4) is 11.3 Å². The first-order chi connectivity index (χ1) is 15.2. The molecule has 0 saturated carbocycles. The quantitative estimate of drug-likeness (QED) is 0.478. The fraction of sp³-hybridized carbons (Fsp3) is 0.391. The smallest absolute Gasteiger partial charge is 0.277 e. The SMILES string of the molecule is CCC1CCCCN1Cc1nc(Cn2ccn3nc(-c4ccccc4)cc3c2=O)no1. The molecule has 4 heterocycles. The highest BCUT2D eigenvalue weighted by molar-refractivity contribution is 5.65. The van der Waals surface area contributed by atoms with Crippen LogP contribution in [0.2, 0.25) is 0 Å². The monoisotopic (exact) mass is 418 g/mol. The summed E-state index contributed by atoms with van der Waals surface area (Å²) in [7, 11) is 0. The zero-order valence-corrected chi connectivity index (χ0v) is 17.6. The van der Waals surface area contributed by atoms with Crippen molar-refractivity contribution >= 4 is 5.52 Å². The summed E-state index contributed by atoms with van der Waals surface area (Å²) < 4.78 is 8.69. The molecule has 0 bridgehead atoms. The maximum atomic E-state index is 13.0. The van der Waals surface area contributed by atoms with Crippen LogP contribution in [0.3, 0.4) is 0 Å². The Kier molecular flexibility index (Phi) is 5.38. The maximum absolute atomic E-state index is 13.0. The van der Waals surface area contributed by atoms with Gasteiger partial charge < -0.3 is 9.09 Å². The van der Waals surface area contributed by atoms with Crippen LogP contribution in [0.5, 0.6) is 0 Å².